The van der Waals surface area contributed by atoms with Crippen molar-refractivity contribution in [3.8, 4) is 16.9 Å². The van der Waals surface area contributed by atoms with E-state index in [4.69, 9.17) is 4.74 Å². The lowest BCUT2D eigenvalue weighted by Crippen LogP contribution is -2.18. The van der Waals surface area contributed by atoms with Crippen LogP contribution < -0.4 is 0 Å². The van der Waals surface area contributed by atoms with Crippen molar-refractivity contribution in [1.29, 1.82) is 0 Å². The topological polar surface area (TPSA) is 147 Å². The van der Waals surface area contributed by atoms with Crippen molar-refractivity contribution >= 4 is 23.1 Å². The molecule has 0 fully saturated rings. The number of esters is 1. The molecule has 0 amide bonds. The Balaban J connectivity index is 2.06. The van der Waals surface area contributed by atoms with Gasteiger partial charge in [-0.25, -0.2) is 9.48 Å². The molecule has 0 unspecified atom stereocenters. The molecule has 0 atom stereocenters. The van der Waals surface area contributed by atoms with Crippen LogP contribution in [0.25, 0.3) is 16.9 Å². The predicted octanol–water partition coefficient (Wildman–Crippen LogP) is 6.16. The maximum absolute atomic E-state index is 14.0. The van der Waals surface area contributed by atoms with Gasteiger partial charge in [0.25, 0.3) is 5.69 Å². The van der Waals surface area contributed by atoms with Crippen LogP contribution in [-0.4, -0.2) is 38.0 Å². The molecule has 0 N–H and O–H groups in total. The molecule has 3 aromatic carbocycles. The van der Waals surface area contributed by atoms with E-state index in [9.17, 15) is 29.8 Å². The normalized spacial score (nSPS) is 10.8. The summed E-state index contributed by atoms with van der Waals surface area (Å²) in [6.45, 7) is 5.73. The number of benzene rings is 3. The second kappa shape index (κ2) is 11.7. The molecular formula is C29H26N4O7. The minimum atomic E-state index is -0.901. The second-order valence-corrected chi connectivity index (χ2v) is 9.22. The Kier molecular flexibility index (Phi) is 8.13. The first-order valence-electron chi connectivity index (χ1n) is 12.5. The van der Waals surface area contributed by atoms with Crippen LogP contribution in [0.4, 0.5) is 11.4 Å². The van der Waals surface area contributed by atoms with E-state index >= 15 is 0 Å². The summed E-state index contributed by atoms with van der Waals surface area (Å²) in [5.74, 6) is -1.43. The fraction of sp³-hybridized carbons (Fsp3) is 0.207. The summed E-state index contributed by atoms with van der Waals surface area (Å²) in [7, 11) is 0. The number of hydrogen-bond acceptors (Lipinski definition) is 8. The van der Waals surface area contributed by atoms with Crippen LogP contribution in [0.2, 0.25) is 0 Å². The zero-order chi connectivity index (χ0) is 29.0. The van der Waals surface area contributed by atoms with Crippen LogP contribution in [0.5, 0.6) is 0 Å². The Labute approximate surface area is 229 Å². The van der Waals surface area contributed by atoms with Crippen LogP contribution in [-0.2, 0) is 4.74 Å². The van der Waals surface area contributed by atoms with Crippen LogP contribution in [0.1, 0.15) is 57.3 Å². The number of non-ortho nitro benzene ring substituents is 1. The van der Waals surface area contributed by atoms with Gasteiger partial charge in [0.2, 0.25) is 0 Å². The van der Waals surface area contributed by atoms with Gasteiger partial charge in [0, 0.05) is 17.2 Å². The number of nitro benzene ring substituents is 2. The zero-order valence-corrected chi connectivity index (χ0v) is 22.1. The van der Waals surface area contributed by atoms with Gasteiger partial charge in [-0.05, 0) is 26.3 Å². The molecule has 1 aromatic heterocycles. The summed E-state index contributed by atoms with van der Waals surface area (Å²) < 4.78 is 6.46. The molecule has 0 spiro atoms. The van der Waals surface area contributed by atoms with Crippen molar-refractivity contribution in [2.75, 3.05) is 6.61 Å². The molecule has 40 heavy (non-hydrogen) atoms. The van der Waals surface area contributed by atoms with Gasteiger partial charge in [0.05, 0.1) is 28.1 Å². The Morgan fingerprint density at radius 2 is 1.52 bits per heavy atom. The van der Waals surface area contributed by atoms with Gasteiger partial charge in [-0.1, -0.05) is 73.0 Å². The zero-order valence-electron chi connectivity index (χ0n) is 22.1. The molecule has 0 radical (unpaired) electrons. The molecule has 0 aliphatic carbocycles. The largest absolute Gasteiger partial charge is 0.461 e. The monoisotopic (exact) mass is 542 g/mol. The third kappa shape index (κ3) is 5.63. The minimum Gasteiger partial charge on any atom is -0.461 e. The summed E-state index contributed by atoms with van der Waals surface area (Å²) in [6.07, 6.45) is 1.30. The number of hydrogen-bond donors (Lipinski definition) is 0. The number of carbonyl (C=O) groups is 2. The first kappa shape index (κ1) is 27.8. The molecule has 1 heterocycles. The number of unbranched alkanes of at least 4 members (excludes halogenated alkanes) is 1. The standard InChI is InChI=1S/C29H26N4O7/c1-4-5-16-40-29(35)27-25(28(34)21-12-8-19(3)9-13-21)26(20-10-6-18(2)7-11-20)30-31(27)23-15-14-22(32(36)37)17-24(23)33(38)39/h6-15,17H,4-5,16H2,1-3H3. The highest BCUT2D eigenvalue weighted by molar-refractivity contribution is 6.17. The number of nitro groups is 2. The molecule has 0 saturated carbocycles. The van der Waals surface area contributed by atoms with Crippen molar-refractivity contribution in [3.05, 3.63) is 115 Å². The smallest absolute Gasteiger partial charge is 0.357 e. The second-order valence-electron chi connectivity index (χ2n) is 9.22. The molecule has 0 bridgehead atoms. The van der Waals surface area contributed by atoms with Gasteiger partial charge < -0.3 is 4.74 Å². The Bertz CT molecular complexity index is 1610. The van der Waals surface area contributed by atoms with Gasteiger partial charge in [-0.3, -0.25) is 25.0 Å². The summed E-state index contributed by atoms with van der Waals surface area (Å²) in [6, 6.07) is 16.8. The summed E-state index contributed by atoms with van der Waals surface area (Å²) in [5, 5.41) is 27.9. The molecule has 0 aliphatic heterocycles. The first-order valence-corrected chi connectivity index (χ1v) is 12.5. The summed E-state index contributed by atoms with van der Waals surface area (Å²) in [4.78, 5) is 49.3. The number of ketones is 1. The van der Waals surface area contributed by atoms with Crippen LogP contribution in [0, 0.1) is 34.1 Å². The van der Waals surface area contributed by atoms with Crippen molar-refractivity contribution in [1.82, 2.24) is 9.78 Å². The fourth-order valence-corrected chi connectivity index (χ4v) is 4.09. The highest BCUT2D eigenvalue weighted by Gasteiger charge is 2.34. The molecule has 4 rings (SSSR count). The van der Waals surface area contributed by atoms with Gasteiger partial charge in [0.15, 0.2) is 11.5 Å². The van der Waals surface area contributed by atoms with Gasteiger partial charge in [0.1, 0.15) is 11.4 Å². The van der Waals surface area contributed by atoms with E-state index in [0.717, 1.165) is 40.4 Å². The van der Waals surface area contributed by atoms with Crippen LogP contribution in [0.3, 0.4) is 0 Å². The highest BCUT2D eigenvalue weighted by Crippen LogP contribution is 2.34. The van der Waals surface area contributed by atoms with Crippen molar-refractivity contribution in [2.45, 2.75) is 33.6 Å². The van der Waals surface area contributed by atoms with E-state index in [1.807, 2.05) is 32.9 Å². The molecule has 0 aliphatic rings. The minimum absolute atomic E-state index is 0.0564. The van der Waals surface area contributed by atoms with E-state index < -0.39 is 33.0 Å². The van der Waals surface area contributed by atoms with Crippen molar-refractivity contribution < 1.29 is 24.2 Å². The quantitative estimate of drug-likeness (QED) is 0.0761. The molecule has 4 aromatic rings. The fourth-order valence-electron chi connectivity index (χ4n) is 4.09. The van der Waals surface area contributed by atoms with E-state index in [0.29, 0.717) is 12.0 Å². The maximum Gasteiger partial charge on any atom is 0.357 e. The summed E-state index contributed by atoms with van der Waals surface area (Å²) in [5.41, 5.74) is 0.942. The molecule has 204 valence electrons. The lowest BCUT2D eigenvalue weighted by atomic mass is 9.96. The van der Waals surface area contributed by atoms with E-state index in [1.54, 1.807) is 36.4 Å². The Morgan fingerprint density at radius 3 is 2.10 bits per heavy atom. The molecule has 11 heteroatoms. The van der Waals surface area contributed by atoms with Gasteiger partial charge in [-0.2, -0.15) is 5.10 Å². The molecule has 11 nitrogen and oxygen atoms in total. The van der Waals surface area contributed by atoms with Gasteiger partial charge >= 0.3 is 11.7 Å². The van der Waals surface area contributed by atoms with Crippen LogP contribution in [0.15, 0.2) is 66.7 Å². The van der Waals surface area contributed by atoms with Gasteiger partial charge in [-0.15, -0.1) is 0 Å². The first-order chi connectivity index (χ1) is 19.1. The summed E-state index contributed by atoms with van der Waals surface area (Å²) >= 11 is 0. The highest BCUT2D eigenvalue weighted by atomic mass is 16.6. The maximum atomic E-state index is 14.0. The lowest BCUT2D eigenvalue weighted by Gasteiger charge is -2.10. The van der Waals surface area contributed by atoms with Crippen molar-refractivity contribution in [2.24, 2.45) is 0 Å². The molecular weight excluding hydrogens is 516 g/mol. The number of aryl methyl sites for hydroxylation is 2. The third-order valence-corrected chi connectivity index (χ3v) is 6.27. The number of aromatic nitrogens is 2. The SMILES string of the molecule is CCCCOC(=O)c1c(C(=O)c2ccc(C)cc2)c(-c2ccc(C)cc2)nn1-c1ccc([N+](=O)[O-])cc1[N+](=O)[O-]. The number of rotatable bonds is 10. The number of carbonyl (C=O) groups excluding carboxylic acids is 2. The van der Waals surface area contributed by atoms with E-state index in [2.05, 4.69) is 5.10 Å². The molecule has 0 saturated heterocycles. The average Bonchev–Trinajstić information content (AvgIpc) is 3.33. The Hall–Kier alpha value is -5.19. The third-order valence-electron chi connectivity index (χ3n) is 6.27. The number of nitrogens with zero attached hydrogens (tertiary/aromatic N) is 4. The Morgan fingerprint density at radius 1 is 0.900 bits per heavy atom. The van der Waals surface area contributed by atoms with Crippen molar-refractivity contribution in [3.63, 3.8) is 0 Å². The number of ether oxygens (including phenoxy) is 1. The lowest BCUT2D eigenvalue weighted by molar-refractivity contribution is -0.394. The van der Waals surface area contributed by atoms with E-state index in [1.165, 1.54) is 0 Å². The predicted molar refractivity (Wildman–Crippen MR) is 147 cm³/mol. The van der Waals surface area contributed by atoms with E-state index in [-0.39, 0.29) is 34.8 Å². The van der Waals surface area contributed by atoms with Crippen LogP contribution >= 0.6 is 0 Å². The average molecular weight is 543 g/mol.